The van der Waals surface area contributed by atoms with E-state index in [1.54, 1.807) is 10.8 Å². The van der Waals surface area contributed by atoms with Gasteiger partial charge in [-0.3, -0.25) is 24.1 Å². The van der Waals surface area contributed by atoms with E-state index in [0.29, 0.717) is 18.9 Å². The van der Waals surface area contributed by atoms with Crippen molar-refractivity contribution in [3.8, 4) is 0 Å². The zero-order valence-corrected chi connectivity index (χ0v) is 23.0. The lowest BCUT2D eigenvalue weighted by atomic mass is 9.92. The van der Waals surface area contributed by atoms with Gasteiger partial charge in [0.25, 0.3) is 0 Å². The van der Waals surface area contributed by atoms with Crippen molar-refractivity contribution in [3.63, 3.8) is 0 Å². The molecule has 0 radical (unpaired) electrons. The normalized spacial score (nSPS) is 14.6. The molecular formula is C29H36ClN5O2. The number of carbonyl (C=O) groups excluding carboxylic acids is 2. The summed E-state index contributed by atoms with van der Waals surface area (Å²) in [6.45, 7) is 10.4. The number of nitrogens with one attached hydrogen (secondary N) is 1. The summed E-state index contributed by atoms with van der Waals surface area (Å²) in [5, 5.41) is 7.39. The first kappa shape index (κ1) is 28.2. The lowest BCUT2D eigenvalue weighted by Gasteiger charge is -2.36. The SMILES string of the molecule is Cc1ccccc1N1CN(Cc2ccc(C=CC(=O)Nc3cc(C(C)(C)C)nn3C)cc2)CCC1=O.Cl. The summed E-state index contributed by atoms with van der Waals surface area (Å²) in [5.74, 6) is 0.640. The van der Waals surface area contributed by atoms with Crippen LogP contribution in [0.25, 0.3) is 6.08 Å². The van der Waals surface area contributed by atoms with Gasteiger partial charge < -0.3 is 5.32 Å². The molecule has 0 unspecified atom stereocenters. The van der Waals surface area contributed by atoms with E-state index in [-0.39, 0.29) is 29.6 Å². The number of benzene rings is 2. The lowest BCUT2D eigenvalue weighted by molar-refractivity contribution is -0.121. The monoisotopic (exact) mass is 521 g/mol. The fourth-order valence-electron chi connectivity index (χ4n) is 4.23. The molecule has 0 atom stereocenters. The van der Waals surface area contributed by atoms with Crippen molar-refractivity contribution in [2.24, 2.45) is 7.05 Å². The third-order valence-electron chi connectivity index (χ3n) is 6.40. The zero-order valence-electron chi connectivity index (χ0n) is 22.2. The first-order valence-electron chi connectivity index (χ1n) is 12.3. The quantitative estimate of drug-likeness (QED) is 0.447. The van der Waals surface area contributed by atoms with Gasteiger partial charge in [-0.25, -0.2) is 0 Å². The average molecular weight is 522 g/mol. The van der Waals surface area contributed by atoms with Crippen molar-refractivity contribution in [2.75, 3.05) is 23.4 Å². The van der Waals surface area contributed by atoms with Crippen molar-refractivity contribution in [1.29, 1.82) is 0 Å². The van der Waals surface area contributed by atoms with Crippen LogP contribution in [-0.4, -0.2) is 39.7 Å². The number of halogens is 1. The standard InChI is InChI=1S/C29H35N5O2.ClH/c1-21-8-6-7-9-24(21)34-20-33(17-16-28(34)36)19-23-12-10-22(11-13-23)14-15-27(35)30-26-18-25(29(2,3)4)31-32(26)5;/h6-15,18H,16-17,19-20H2,1-5H3,(H,30,35);1H. The Morgan fingerprint density at radius 3 is 2.46 bits per heavy atom. The van der Waals surface area contributed by atoms with Gasteiger partial charge in [-0.15, -0.1) is 12.4 Å². The number of hydrogen-bond donors (Lipinski definition) is 1. The number of para-hydroxylation sites is 1. The minimum Gasteiger partial charge on any atom is -0.307 e. The molecule has 8 heteroatoms. The Morgan fingerprint density at radius 1 is 1.11 bits per heavy atom. The molecule has 1 saturated heterocycles. The molecule has 1 fully saturated rings. The van der Waals surface area contributed by atoms with E-state index in [9.17, 15) is 9.59 Å². The van der Waals surface area contributed by atoms with E-state index in [1.807, 2.05) is 61.3 Å². The highest BCUT2D eigenvalue weighted by atomic mass is 35.5. The van der Waals surface area contributed by atoms with Gasteiger partial charge in [0.1, 0.15) is 5.82 Å². The Bertz CT molecular complexity index is 1270. The van der Waals surface area contributed by atoms with E-state index >= 15 is 0 Å². The van der Waals surface area contributed by atoms with Crippen molar-refractivity contribution in [2.45, 2.75) is 46.1 Å². The third kappa shape index (κ3) is 7.08. The van der Waals surface area contributed by atoms with E-state index in [0.717, 1.165) is 35.6 Å². The first-order chi connectivity index (χ1) is 17.1. The topological polar surface area (TPSA) is 70.5 Å². The van der Waals surface area contributed by atoms with Gasteiger partial charge in [-0.2, -0.15) is 5.10 Å². The highest BCUT2D eigenvalue weighted by molar-refractivity contribution is 6.01. The Morgan fingerprint density at radius 2 is 1.81 bits per heavy atom. The maximum absolute atomic E-state index is 12.5. The van der Waals surface area contributed by atoms with Crippen molar-refractivity contribution >= 4 is 41.8 Å². The molecule has 2 amide bonds. The number of aromatic nitrogens is 2. The highest BCUT2D eigenvalue weighted by Gasteiger charge is 2.25. The van der Waals surface area contributed by atoms with Crippen LogP contribution in [0.2, 0.25) is 0 Å². The molecular weight excluding hydrogens is 486 g/mol. The second-order valence-corrected chi connectivity index (χ2v) is 10.4. The van der Waals surface area contributed by atoms with Gasteiger partial charge in [0.2, 0.25) is 11.8 Å². The molecule has 2 heterocycles. The molecule has 196 valence electrons. The van der Waals surface area contributed by atoms with Crippen LogP contribution in [0, 0.1) is 6.92 Å². The summed E-state index contributed by atoms with van der Waals surface area (Å²) >= 11 is 0. The number of nitrogens with zero attached hydrogens (tertiary/aromatic N) is 4. The summed E-state index contributed by atoms with van der Waals surface area (Å²) in [4.78, 5) is 29.2. The Labute approximate surface area is 225 Å². The second kappa shape index (κ2) is 11.8. The van der Waals surface area contributed by atoms with Crippen LogP contribution >= 0.6 is 12.4 Å². The summed E-state index contributed by atoms with van der Waals surface area (Å²) in [6.07, 6.45) is 3.85. The van der Waals surface area contributed by atoms with Crippen LogP contribution in [0.4, 0.5) is 11.5 Å². The van der Waals surface area contributed by atoms with Crippen LogP contribution in [-0.2, 0) is 28.6 Å². The number of hydrogen-bond acceptors (Lipinski definition) is 4. The fraction of sp³-hybridized carbons (Fsp3) is 0.345. The second-order valence-electron chi connectivity index (χ2n) is 10.4. The minimum atomic E-state index is -0.197. The molecule has 4 rings (SSSR count). The molecule has 0 spiro atoms. The van der Waals surface area contributed by atoms with Crippen LogP contribution in [0.3, 0.4) is 0 Å². The number of carbonyl (C=O) groups is 2. The summed E-state index contributed by atoms with van der Waals surface area (Å²) in [6, 6.07) is 18.1. The third-order valence-corrected chi connectivity index (χ3v) is 6.40. The number of aryl methyl sites for hydroxylation is 2. The summed E-state index contributed by atoms with van der Waals surface area (Å²) in [7, 11) is 1.83. The largest absolute Gasteiger partial charge is 0.307 e. The van der Waals surface area contributed by atoms with Gasteiger partial charge in [-0.05, 0) is 35.8 Å². The van der Waals surface area contributed by atoms with Gasteiger partial charge in [0, 0.05) is 49.8 Å². The molecule has 2 aromatic carbocycles. The van der Waals surface area contributed by atoms with E-state index in [4.69, 9.17) is 0 Å². The molecule has 0 saturated carbocycles. The zero-order chi connectivity index (χ0) is 25.9. The molecule has 1 aromatic heterocycles. The van der Waals surface area contributed by atoms with E-state index < -0.39 is 0 Å². The van der Waals surface area contributed by atoms with Gasteiger partial charge in [-0.1, -0.05) is 63.2 Å². The predicted octanol–water partition coefficient (Wildman–Crippen LogP) is 5.30. The van der Waals surface area contributed by atoms with Crippen molar-refractivity contribution in [1.82, 2.24) is 14.7 Å². The minimum absolute atomic E-state index is 0. The number of rotatable bonds is 6. The van der Waals surface area contributed by atoms with Crippen molar-refractivity contribution in [3.05, 3.63) is 83.1 Å². The summed E-state index contributed by atoms with van der Waals surface area (Å²) in [5.41, 5.74) is 5.04. The average Bonchev–Trinajstić information content (AvgIpc) is 3.21. The van der Waals surface area contributed by atoms with E-state index in [2.05, 4.69) is 48.2 Å². The predicted molar refractivity (Wildman–Crippen MR) is 152 cm³/mol. The van der Waals surface area contributed by atoms with Gasteiger partial charge in [0.15, 0.2) is 0 Å². The van der Waals surface area contributed by atoms with Crippen molar-refractivity contribution < 1.29 is 9.59 Å². The Kier molecular flexibility index (Phi) is 8.94. The van der Waals surface area contributed by atoms with Crippen LogP contribution in [0.15, 0.2) is 60.7 Å². The number of amides is 2. The molecule has 1 N–H and O–H groups in total. The van der Waals surface area contributed by atoms with Crippen LogP contribution in [0.1, 0.15) is 49.6 Å². The molecule has 0 aliphatic carbocycles. The molecule has 0 bridgehead atoms. The van der Waals surface area contributed by atoms with Gasteiger partial charge >= 0.3 is 0 Å². The van der Waals surface area contributed by atoms with Crippen LogP contribution in [0.5, 0.6) is 0 Å². The van der Waals surface area contributed by atoms with Gasteiger partial charge in [0.05, 0.1) is 12.4 Å². The Hall–Kier alpha value is -3.42. The highest BCUT2D eigenvalue weighted by Crippen LogP contribution is 2.25. The molecule has 1 aliphatic heterocycles. The van der Waals surface area contributed by atoms with E-state index in [1.165, 1.54) is 11.6 Å². The molecule has 3 aromatic rings. The smallest absolute Gasteiger partial charge is 0.249 e. The molecule has 7 nitrogen and oxygen atoms in total. The molecule has 1 aliphatic rings. The maximum atomic E-state index is 12.5. The maximum Gasteiger partial charge on any atom is 0.249 e. The first-order valence-corrected chi connectivity index (χ1v) is 12.3. The molecule has 37 heavy (non-hydrogen) atoms. The lowest BCUT2D eigenvalue weighted by Crippen LogP contribution is -2.48. The fourth-order valence-corrected chi connectivity index (χ4v) is 4.23. The summed E-state index contributed by atoms with van der Waals surface area (Å²) < 4.78 is 1.69. The Balaban J connectivity index is 0.00000380. The number of anilines is 2. The van der Waals surface area contributed by atoms with Crippen LogP contribution < -0.4 is 10.2 Å².